The molecule has 0 saturated heterocycles. The Bertz CT molecular complexity index is 388. The average Bonchev–Trinajstić information content (AvgIpc) is 2.26. The highest BCUT2D eigenvalue weighted by Gasteiger charge is 2.27. The minimum Gasteiger partial charge on any atom is -0.393 e. The Kier molecular flexibility index (Phi) is 3.47. The second-order valence-electron chi connectivity index (χ2n) is 4.87. The molecule has 1 aliphatic rings. The molecule has 1 fully saturated rings. The zero-order chi connectivity index (χ0) is 12.4. The van der Waals surface area contributed by atoms with Crippen LogP contribution in [0.5, 0.6) is 0 Å². The molecule has 0 bridgehead atoms. The lowest BCUT2D eigenvalue weighted by Crippen LogP contribution is -2.39. The fourth-order valence-corrected chi connectivity index (χ4v) is 1.84. The summed E-state index contributed by atoms with van der Waals surface area (Å²) in [4.78, 5) is 8.89. The van der Waals surface area contributed by atoms with E-state index in [9.17, 15) is 5.11 Å². The highest BCUT2D eigenvalue weighted by atomic mass is 16.3. The molecular formula is C12H20N4O. The van der Waals surface area contributed by atoms with Crippen LogP contribution in [-0.4, -0.2) is 34.3 Å². The lowest BCUT2D eigenvalue weighted by Gasteiger charge is -2.32. The van der Waals surface area contributed by atoms with Gasteiger partial charge >= 0.3 is 0 Å². The van der Waals surface area contributed by atoms with Gasteiger partial charge in [-0.2, -0.15) is 0 Å². The van der Waals surface area contributed by atoms with Crippen molar-refractivity contribution in [3.8, 4) is 0 Å². The van der Waals surface area contributed by atoms with Gasteiger partial charge in [-0.3, -0.25) is 0 Å². The highest BCUT2D eigenvalue weighted by Crippen LogP contribution is 2.24. The number of hydrogen-bond donors (Lipinski definition) is 3. The van der Waals surface area contributed by atoms with Gasteiger partial charge in [0.1, 0.15) is 17.5 Å². The van der Waals surface area contributed by atoms with Crippen molar-refractivity contribution in [2.75, 3.05) is 17.7 Å². The van der Waals surface area contributed by atoms with E-state index in [1.807, 2.05) is 13.1 Å². The van der Waals surface area contributed by atoms with Crippen LogP contribution in [0.2, 0.25) is 0 Å². The first-order chi connectivity index (χ1) is 8.08. The Morgan fingerprint density at radius 1 is 1.29 bits per heavy atom. The number of aliphatic hydroxyl groups excluding tert-OH is 1. The number of aromatic nitrogens is 2. The average molecular weight is 236 g/mol. The van der Waals surface area contributed by atoms with E-state index in [1.165, 1.54) is 0 Å². The Hall–Kier alpha value is -1.36. The second kappa shape index (κ2) is 4.87. The number of nitrogens with one attached hydrogen (secondary N) is 2. The van der Waals surface area contributed by atoms with Gasteiger partial charge in [0.25, 0.3) is 0 Å². The molecule has 94 valence electrons. The lowest BCUT2D eigenvalue weighted by atomic mass is 9.89. The summed E-state index contributed by atoms with van der Waals surface area (Å²) < 4.78 is 0. The van der Waals surface area contributed by atoms with Crippen LogP contribution < -0.4 is 10.6 Å². The molecule has 0 amide bonds. The van der Waals surface area contributed by atoms with Crippen LogP contribution in [-0.2, 0) is 0 Å². The van der Waals surface area contributed by atoms with E-state index in [1.54, 1.807) is 0 Å². The fraction of sp³-hybridized carbons (Fsp3) is 0.667. The first-order valence-corrected chi connectivity index (χ1v) is 6.10. The van der Waals surface area contributed by atoms with E-state index in [4.69, 9.17) is 0 Å². The van der Waals surface area contributed by atoms with Gasteiger partial charge in [-0.25, -0.2) is 9.97 Å². The summed E-state index contributed by atoms with van der Waals surface area (Å²) in [7, 11) is 1.85. The topological polar surface area (TPSA) is 70.1 Å². The van der Waals surface area contributed by atoms with Crippen LogP contribution in [0.25, 0.3) is 0 Å². The van der Waals surface area contributed by atoms with Gasteiger partial charge < -0.3 is 15.7 Å². The van der Waals surface area contributed by atoms with Crippen LogP contribution in [0.1, 0.15) is 38.4 Å². The van der Waals surface area contributed by atoms with Crippen molar-refractivity contribution < 1.29 is 5.11 Å². The maximum atomic E-state index is 9.25. The van der Waals surface area contributed by atoms with Crippen molar-refractivity contribution in [3.63, 3.8) is 0 Å². The van der Waals surface area contributed by atoms with Crippen molar-refractivity contribution >= 4 is 11.6 Å². The van der Waals surface area contributed by atoms with Crippen LogP contribution in [0, 0.1) is 0 Å². The molecule has 1 heterocycles. The zero-order valence-corrected chi connectivity index (χ0v) is 10.6. The van der Waals surface area contributed by atoms with Gasteiger partial charge in [0.2, 0.25) is 0 Å². The number of rotatable bonds is 4. The van der Waals surface area contributed by atoms with Crippen molar-refractivity contribution in [1.29, 1.82) is 0 Å². The highest BCUT2D eigenvalue weighted by molar-refractivity contribution is 5.48. The summed E-state index contributed by atoms with van der Waals surface area (Å²) in [5.41, 5.74) is 0. The van der Waals surface area contributed by atoms with E-state index < -0.39 is 0 Å². The summed E-state index contributed by atoms with van der Waals surface area (Å²) in [5.74, 6) is 2.80. The van der Waals surface area contributed by atoms with Gasteiger partial charge in [-0.1, -0.05) is 13.8 Å². The van der Waals surface area contributed by atoms with Crippen molar-refractivity contribution in [3.05, 3.63) is 11.9 Å². The quantitative estimate of drug-likeness (QED) is 0.740. The Labute approximate surface area is 102 Å². The number of nitrogens with zero attached hydrogens (tertiary/aromatic N) is 2. The molecule has 0 aromatic carbocycles. The summed E-state index contributed by atoms with van der Waals surface area (Å²) in [6, 6.07) is 2.24. The summed E-state index contributed by atoms with van der Waals surface area (Å²) in [6.45, 7) is 4.15. The van der Waals surface area contributed by atoms with Crippen molar-refractivity contribution in [2.24, 2.45) is 0 Å². The number of hydrogen-bond acceptors (Lipinski definition) is 5. The van der Waals surface area contributed by atoms with Gasteiger partial charge in [0.15, 0.2) is 0 Å². The molecule has 0 atom stereocenters. The van der Waals surface area contributed by atoms with E-state index in [-0.39, 0.29) is 6.10 Å². The zero-order valence-electron chi connectivity index (χ0n) is 10.6. The van der Waals surface area contributed by atoms with E-state index in [0.29, 0.717) is 12.0 Å². The third-order valence-electron chi connectivity index (χ3n) is 2.98. The molecule has 0 spiro atoms. The number of aliphatic hydroxyl groups is 1. The molecule has 0 unspecified atom stereocenters. The monoisotopic (exact) mass is 236 g/mol. The molecule has 5 heteroatoms. The van der Waals surface area contributed by atoms with Crippen LogP contribution >= 0.6 is 0 Å². The Morgan fingerprint density at radius 2 is 1.94 bits per heavy atom. The van der Waals surface area contributed by atoms with Crippen LogP contribution in [0.15, 0.2) is 6.07 Å². The molecule has 3 N–H and O–H groups in total. The number of anilines is 2. The third kappa shape index (κ3) is 2.85. The normalized spacial score (nSPS) is 23.4. The summed E-state index contributed by atoms with van der Waals surface area (Å²) >= 11 is 0. The first-order valence-electron chi connectivity index (χ1n) is 6.10. The molecule has 2 rings (SSSR count). The Morgan fingerprint density at radius 3 is 2.47 bits per heavy atom. The van der Waals surface area contributed by atoms with Crippen molar-refractivity contribution in [1.82, 2.24) is 9.97 Å². The second-order valence-corrected chi connectivity index (χ2v) is 4.87. The maximum Gasteiger partial charge on any atom is 0.135 e. The van der Waals surface area contributed by atoms with Crippen LogP contribution in [0.4, 0.5) is 11.6 Å². The minimum atomic E-state index is -0.150. The van der Waals surface area contributed by atoms with Gasteiger partial charge in [0, 0.05) is 25.1 Å². The predicted molar refractivity (Wildman–Crippen MR) is 68.3 cm³/mol. The molecular weight excluding hydrogens is 216 g/mol. The summed E-state index contributed by atoms with van der Waals surface area (Å²) in [5, 5.41) is 15.6. The largest absolute Gasteiger partial charge is 0.393 e. The first kappa shape index (κ1) is 12.1. The third-order valence-corrected chi connectivity index (χ3v) is 2.98. The Balaban J connectivity index is 2.12. The van der Waals surface area contributed by atoms with E-state index in [2.05, 4.69) is 34.4 Å². The SMILES string of the molecule is CNc1cc(NC2CC(O)C2)nc(C(C)C)n1. The molecule has 1 aromatic heterocycles. The molecule has 1 aromatic rings. The molecule has 17 heavy (non-hydrogen) atoms. The van der Waals surface area contributed by atoms with Gasteiger partial charge in [-0.05, 0) is 12.8 Å². The lowest BCUT2D eigenvalue weighted by molar-refractivity contribution is 0.0835. The molecule has 1 aliphatic carbocycles. The summed E-state index contributed by atoms with van der Waals surface area (Å²) in [6.07, 6.45) is 1.45. The molecule has 0 radical (unpaired) electrons. The van der Waals surface area contributed by atoms with Gasteiger partial charge in [-0.15, -0.1) is 0 Å². The predicted octanol–water partition coefficient (Wildman–Crippen LogP) is 1.58. The minimum absolute atomic E-state index is 0.150. The van der Waals surface area contributed by atoms with E-state index >= 15 is 0 Å². The molecule has 5 nitrogen and oxygen atoms in total. The molecule has 0 aliphatic heterocycles. The fourth-order valence-electron chi connectivity index (χ4n) is 1.84. The van der Waals surface area contributed by atoms with Crippen LogP contribution in [0.3, 0.4) is 0 Å². The standard InChI is InChI=1S/C12H20N4O/c1-7(2)12-15-10(13-3)6-11(16-12)14-8-4-9(17)5-8/h6-9,17H,4-5H2,1-3H3,(H2,13,14,15,16). The smallest absolute Gasteiger partial charge is 0.135 e. The van der Waals surface area contributed by atoms with E-state index in [0.717, 1.165) is 30.3 Å². The maximum absolute atomic E-state index is 9.25. The van der Waals surface area contributed by atoms with Gasteiger partial charge in [0.05, 0.1) is 6.10 Å². The molecule has 1 saturated carbocycles. The van der Waals surface area contributed by atoms with Crippen molar-refractivity contribution in [2.45, 2.75) is 44.8 Å².